The van der Waals surface area contributed by atoms with Crippen LogP contribution in [0.15, 0.2) is 29.2 Å². The van der Waals surface area contributed by atoms with Crippen molar-refractivity contribution in [3.05, 3.63) is 57.0 Å². The Bertz CT molecular complexity index is 2040. The van der Waals surface area contributed by atoms with E-state index in [1.54, 1.807) is 0 Å². The Morgan fingerprint density at radius 1 is 0.745 bits per heavy atom. The molecule has 0 atom stereocenters. The van der Waals surface area contributed by atoms with Crippen molar-refractivity contribution in [2.75, 3.05) is 34.9 Å². The molecule has 3 aromatic carbocycles. The first kappa shape index (κ1) is 35.5. The SMILES string of the molecule is COC(=O)c1cc(OC)c2c(c1-c1c(C(=O)Oc3c(/C=C4/SC(=O)NC4=O)cc(C(C)(C)C)cc3C(C)(C)C)cc(OC)c3c1OCO3)OCO2. The molecule has 0 aliphatic carbocycles. The summed E-state index contributed by atoms with van der Waals surface area (Å²) in [6, 6.07) is 6.65. The van der Waals surface area contributed by atoms with Crippen LogP contribution in [0.4, 0.5) is 4.79 Å². The number of rotatable bonds is 7. The quantitative estimate of drug-likeness (QED) is 0.156. The van der Waals surface area contributed by atoms with Gasteiger partial charge in [0, 0.05) is 22.3 Å². The van der Waals surface area contributed by atoms with Crippen LogP contribution in [0.1, 0.15) is 78.9 Å². The van der Waals surface area contributed by atoms with Crippen molar-refractivity contribution >= 4 is 40.9 Å². The van der Waals surface area contributed by atoms with Gasteiger partial charge in [-0.2, -0.15) is 0 Å². The third kappa shape index (κ3) is 6.39. The van der Waals surface area contributed by atoms with E-state index in [4.69, 9.17) is 37.9 Å². The van der Waals surface area contributed by atoms with E-state index in [0.29, 0.717) is 11.1 Å². The van der Waals surface area contributed by atoms with E-state index in [1.807, 2.05) is 53.7 Å². The van der Waals surface area contributed by atoms with E-state index in [1.165, 1.54) is 39.5 Å². The Hall–Kier alpha value is -5.37. The van der Waals surface area contributed by atoms with Crippen molar-refractivity contribution in [2.45, 2.75) is 52.4 Å². The van der Waals surface area contributed by atoms with Crippen LogP contribution in [0.25, 0.3) is 17.2 Å². The minimum atomic E-state index is -0.867. The predicted octanol–water partition coefficient (Wildman–Crippen LogP) is 6.75. The van der Waals surface area contributed by atoms with Crippen LogP contribution < -0.4 is 38.5 Å². The Labute approximate surface area is 298 Å². The molecule has 1 saturated heterocycles. The number of benzene rings is 3. The number of methoxy groups -OCH3 is 3. The summed E-state index contributed by atoms with van der Waals surface area (Å²) in [7, 11) is 4.04. The van der Waals surface area contributed by atoms with Gasteiger partial charge in [0.15, 0.2) is 23.0 Å². The molecule has 3 aliphatic rings. The Balaban J connectivity index is 1.63. The summed E-state index contributed by atoms with van der Waals surface area (Å²) in [4.78, 5) is 53.1. The maximum absolute atomic E-state index is 14.8. The third-order valence-electron chi connectivity index (χ3n) is 8.45. The lowest BCUT2D eigenvalue weighted by Crippen LogP contribution is -2.21. The zero-order valence-corrected chi connectivity index (χ0v) is 30.4. The highest BCUT2D eigenvalue weighted by atomic mass is 32.2. The van der Waals surface area contributed by atoms with Crippen LogP contribution in [-0.2, 0) is 20.4 Å². The second kappa shape index (κ2) is 13.1. The first-order valence-electron chi connectivity index (χ1n) is 15.8. The van der Waals surface area contributed by atoms with Gasteiger partial charge in [-0.05, 0) is 52.4 Å². The molecule has 51 heavy (non-hydrogen) atoms. The average molecular weight is 720 g/mol. The number of hydrogen-bond acceptors (Lipinski definition) is 13. The standard InChI is InChI=1S/C37H37NO12S/c1-36(2,3)18-10-17(11-24-32(39)38-35(42)51-24)27(21(12-18)37(4,5)6)50-34(41)20-14-23(44-8)29-31(49-16-47-29)26(20)25-19(33(40)45-9)13-22(43-7)28-30(25)48-15-46-28/h10-14H,15-16H2,1-9H3,(H,38,39,42)/b24-11+. The summed E-state index contributed by atoms with van der Waals surface area (Å²) in [6.07, 6.45) is 1.54. The summed E-state index contributed by atoms with van der Waals surface area (Å²) < 4.78 is 45.9. The highest BCUT2D eigenvalue weighted by Crippen LogP contribution is 2.57. The molecular weight excluding hydrogens is 682 g/mol. The number of carbonyl (C=O) groups excluding carboxylic acids is 4. The Morgan fingerprint density at radius 3 is 1.73 bits per heavy atom. The molecule has 0 aromatic heterocycles. The molecule has 0 radical (unpaired) electrons. The molecule has 3 aromatic rings. The monoisotopic (exact) mass is 719 g/mol. The van der Waals surface area contributed by atoms with Crippen LogP contribution in [0, 0.1) is 0 Å². The lowest BCUT2D eigenvalue weighted by Gasteiger charge is -2.28. The molecule has 0 saturated carbocycles. The second-order valence-corrected chi connectivity index (χ2v) is 14.8. The first-order chi connectivity index (χ1) is 24.1. The number of imide groups is 1. The Kier molecular flexibility index (Phi) is 9.08. The molecule has 0 bridgehead atoms. The van der Waals surface area contributed by atoms with Crippen molar-refractivity contribution in [3.63, 3.8) is 0 Å². The minimum Gasteiger partial charge on any atom is -0.493 e. The van der Waals surface area contributed by atoms with E-state index in [9.17, 15) is 19.2 Å². The summed E-state index contributed by atoms with van der Waals surface area (Å²) >= 11 is 0.752. The number of amides is 2. The van der Waals surface area contributed by atoms with Crippen molar-refractivity contribution < 1.29 is 57.1 Å². The summed E-state index contributed by atoms with van der Waals surface area (Å²) in [5, 5.41) is 1.76. The summed E-state index contributed by atoms with van der Waals surface area (Å²) in [5.41, 5.74) is 1.19. The zero-order chi connectivity index (χ0) is 37.0. The normalized spacial score (nSPS) is 15.6. The topological polar surface area (TPSA) is 154 Å². The summed E-state index contributed by atoms with van der Waals surface area (Å²) in [5.74, 6) is -1.06. The van der Waals surface area contributed by atoms with Crippen LogP contribution in [0.3, 0.4) is 0 Å². The van der Waals surface area contributed by atoms with Gasteiger partial charge in [-0.3, -0.25) is 14.9 Å². The van der Waals surface area contributed by atoms with Crippen LogP contribution in [0.2, 0.25) is 0 Å². The smallest absolute Gasteiger partial charge is 0.344 e. The molecule has 268 valence electrons. The molecule has 6 rings (SSSR count). The van der Waals surface area contributed by atoms with Crippen molar-refractivity contribution in [1.82, 2.24) is 5.32 Å². The van der Waals surface area contributed by atoms with Crippen molar-refractivity contribution in [3.8, 4) is 51.4 Å². The minimum absolute atomic E-state index is 0.0141. The molecule has 1 fully saturated rings. The predicted molar refractivity (Wildman–Crippen MR) is 186 cm³/mol. The molecule has 0 spiro atoms. The number of carbonyl (C=O) groups is 4. The van der Waals surface area contributed by atoms with Crippen molar-refractivity contribution in [1.29, 1.82) is 0 Å². The highest BCUT2D eigenvalue weighted by molar-refractivity contribution is 8.18. The molecule has 3 heterocycles. The van der Waals surface area contributed by atoms with Gasteiger partial charge < -0.3 is 37.9 Å². The van der Waals surface area contributed by atoms with Crippen LogP contribution in [0.5, 0.6) is 40.2 Å². The Morgan fingerprint density at radius 2 is 1.27 bits per heavy atom. The van der Waals surface area contributed by atoms with Gasteiger partial charge in [0.25, 0.3) is 11.1 Å². The fourth-order valence-corrected chi connectivity index (χ4v) is 6.55. The van der Waals surface area contributed by atoms with Crippen LogP contribution in [-0.4, -0.2) is 58.0 Å². The molecule has 2 amide bonds. The van der Waals surface area contributed by atoms with Gasteiger partial charge in [0.1, 0.15) is 5.75 Å². The third-order valence-corrected chi connectivity index (χ3v) is 9.26. The molecule has 0 unspecified atom stereocenters. The van der Waals surface area contributed by atoms with E-state index in [2.05, 4.69) is 5.32 Å². The molecule has 14 heteroatoms. The maximum Gasteiger partial charge on any atom is 0.344 e. The highest BCUT2D eigenvalue weighted by Gasteiger charge is 2.39. The number of hydrogen-bond donors (Lipinski definition) is 1. The maximum atomic E-state index is 14.8. The van der Waals surface area contributed by atoms with Crippen molar-refractivity contribution in [2.24, 2.45) is 0 Å². The van der Waals surface area contributed by atoms with Gasteiger partial charge >= 0.3 is 11.9 Å². The number of ether oxygens (including phenoxy) is 8. The van der Waals surface area contributed by atoms with E-state index in [0.717, 1.165) is 17.3 Å². The fourth-order valence-electron chi connectivity index (χ4n) is 5.88. The van der Waals surface area contributed by atoms with E-state index in [-0.39, 0.29) is 86.4 Å². The second-order valence-electron chi connectivity index (χ2n) is 13.8. The number of nitrogens with one attached hydrogen (secondary N) is 1. The van der Waals surface area contributed by atoms with E-state index >= 15 is 0 Å². The van der Waals surface area contributed by atoms with Gasteiger partial charge in [0.2, 0.25) is 25.1 Å². The van der Waals surface area contributed by atoms with Gasteiger partial charge in [-0.15, -0.1) is 0 Å². The number of thioether (sulfide) groups is 1. The zero-order valence-electron chi connectivity index (χ0n) is 29.6. The number of fused-ring (bicyclic) bond motifs is 2. The largest absolute Gasteiger partial charge is 0.493 e. The molecule has 13 nitrogen and oxygen atoms in total. The molecular formula is C37H37NO12S. The molecule has 1 N–H and O–H groups in total. The molecule has 3 aliphatic heterocycles. The summed E-state index contributed by atoms with van der Waals surface area (Å²) in [6.45, 7) is 11.6. The first-order valence-corrected chi connectivity index (χ1v) is 16.6. The fraction of sp³-hybridized carbons (Fsp3) is 0.351. The van der Waals surface area contributed by atoms with Crippen LogP contribution >= 0.6 is 11.8 Å². The van der Waals surface area contributed by atoms with E-state index < -0.39 is 28.5 Å². The lowest BCUT2D eigenvalue weighted by atomic mass is 9.78. The lowest BCUT2D eigenvalue weighted by molar-refractivity contribution is -0.115. The number of esters is 2. The van der Waals surface area contributed by atoms with Gasteiger partial charge in [-0.1, -0.05) is 47.6 Å². The average Bonchev–Trinajstić information content (AvgIpc) is 3.83. The van der Waals surface area contributed by atoms with Gasteiger partial charge in [-0.25, -0.2) is 9.59 Å². The van der Waals surface area contributed by atoms with Gasteiger partial charge in [0.05, 0.1) is 37.4 Å².